The summed E-state index contributed by atoms with van der Waals surface area (Å²) in [5, 5.41) is 109. The second-order valence-corrected chi connectivity index (χ2v) is 19.1. The average Bonchev–Trinajstić information content (AvgIpc) is 3.37. The Labute approximate surface area is 439 Å². The molecule has 0 aromatic heterocycles. The topological polar surface area (TPSA) is 382 Å². The lowest BCUT2D eigenvalue weighted by Crippen LogP contribution is -2.71. The molecule has 426 valence electrons. The van der Waals surface area contributed by atoms with Gasteiger partial charge in [-0.15, -0.1) is 0 Å². The van der Waals surface area contributed by atoms with Gasteiger partial charge in [0.05, 0.1) is 33.0 Å². The van der Waals surface area contributed by atoms with E-state index in [4.69, 9.17) is 42.1 Å². The smallest absolute Gasteiger partial charge is 0.251 e. The number of allylic oxidation sites excluding steroid dienone is 2. The molecule has 27 heteroatoms. The number of benzene rings is 1. The van der Waals surface area contributed by atoms with E-state index in [1.807, 2.05) is 0 Å². The lowest BCUT2D eigenvalue weighted by atomic mass is 9.93. The zero-order valence-corrected chi connectivity index (χ0v) is 43.2. The molecule has 20 atom stereocenters. The minimum absolute atomic E-state index is 0.107. The number of aliphatic hydroxyl groups excluding tert-OH is 9. The summed E-state index contributed by atoms with van der Waals surface area (Å²) in [6.45, 7) is 2.81. The van der Waals surface area contributed by atoms with Gasteiger partial charge in [-0.2, -0.15) is 0 Å². The summed E-state index contributed by atoms with van der Waals surface area (Å²) in [6, 6.07) is -0.186. The lowest BCUT2D eigenvalue weighted by molar-refractivity contribution is -0.361. The summed E-state index contributed by atoms with van der Waals surface area (Å²) in [6.07, 6.45) is -15.4. The highest BCUT2D eigenvalue weighted by molar-refractivity contribution is 7.75. The van der Waals surface area contributed by atoms with Gasteiger partial charge < -0.3 is 109 Å². The highest BCUT2D eigenvalue weighted by Gasteiger charge is 2.56. The van der Waals surface area contributed by atoms with Gasteiger partial charge in [0, 0.05) is 26.3 Å². The van der Waals surface area contributed by atoms with E-state index in [1.165, 1.54) is 31.4 Å². The zero-order valence-electron chi connectivity index (χ0n) is 42.3. The molecule has 4 aliphatic rings. The average molecular weight is 1090 g/mol. The van der Waals surface area contributed by atoms with Gasteiger partial charge in [0.15, 0.2) is 25.2 Å². The number of thiol groups is 1. The Morgan fingerprint density at radius 1 is 0.560 bits per heavy atom. The van der Waals surface area contributed by atoms with Gasteiger partial charge in [0.1, 0.15) is 103 Å². The van der Waals surface area contributed by atoms with Crippen LogP contribution in [0.2, 0.25) is 0 Å². The van der Waals surface area contributed by atoms with Crippen molar-refractivity contribution in [3.05, 3.63) is 42.0 Å². The second kappa shape index (κ2) is 30.5. The standard InChI is InChI=1S/C48H76N4O22S/c1-5-6-7-8-9-10-11-12-13-18-66-27-16-14-26(15-17-27)44(64)52-33-37(60)36(59)28(19-53)69-46(33)72-41-29(20-54)70-47(34(39(41)62)50-24(3)57)73-42-30(21-55)71-48(35(40(42)63)51-25(4)58)74-43-31(22-67-75)68-45(65)32(38(43)61)49-23(2)56/h10-11,14-17,28-43,45-48,53-55,59-63,65,75H,5-9,12-13,18-22H2,1-4H3,(H,49,56)(H,50,57)(H,51,58)(H,52,64)/b11-10-/t28?,29?,30?,31?,32-,33?,34?,35?,36?,37?,38?,39?,40?,41?,42?,43?,45?,46?,47?,48?/m0/s1. The quantitative estimate of drug-likeness (QED) is 0.0187. The third-order valence-corrected chi connectivity index (χ3v) is 13.2. The van der Waals surface area contributed by atoms with Crippen LogP contribution in [-0.2, 0) is 51.7 Å². The van der Waals surface area contributed by atoms with Gasteiger partial charge in [-0.25, -0.2) is 0 Å². The number of amides is 4. The van der Waals surface area contributed by atoms with Crippen molar-refractivity contribution in [2.45, 2.75) is 195 Å². The van der Waals surface area contributed by atoms with Crippen LogP contribution in [0.25, 0.3) is 0 Å². The Kier molecular flexibility index (Phi) is 25.2. The number of hydrogen-bond acceptors (Lipinski definition) is 23. The van der Waals surface area contributed by atoms with Crippen LogP contribution in [-0.4, -0.2) is 225 Å². The van der Waals surface area contributed by atoms with Crippen LogP contribution in [0.1, 0.15) is 83.0 Å². The molecule has 0 spiro atoms. The molecule has 4 fully saturated rings. The molecule has 5 rings (SSSR count). The molecular formula is C48H76N4O22S. The van der Waals surface area contributed by atoms with Crippen molar-refractivity contribution in [2.75, 3.05) is 33.0 Å². The predicted octanol–water partition coefficient (Wildman–Crippen LogP) is -3.32. The van der Waals surface area contributed by atoms with Crippen molar-refractivity contribution in [1.82, 2.24) is 21.3 Å². The minimum Gasteiger partial charge on any atom is -0.494 e. The Morgan fingerprint density at radius 3 is 1.49 bits per heavy atom. The first-order valence-corrected chi connectivity index (χ1v) is 25.5. The third-order valence-electron chi connectivity index (χ3n) is 13.1. The summed E-state index contributed by atoms with van der Waals surface area (Å²) in [4.78, 5) is 50.9. The van der Waals surface area contributed by atoms with Crippen molar-refractivity contribution in [3.63, 3.8) is 0 Å². The molecule has 0 aliphatic carbocycles. The van der Waals surface area contributed by atoms with E-state index in [-0.39, 0.29) is 5.56 Å². The fraction of sp³-hybridized carbons (Fsp3) is 0.750. The first-order chi connectivity index (χ1) is 35.9. The van der Waals surface area contributed by atoms with Gasteiger partial charge in [0.2, 0.25) is 17.7 Å². The summed E-state index contributed by atoms with van der Waals surface area (Å²) in [5.41, 5.74) is 0.107. The summed E-state index contributed by atoms with van der Waals surface area (Å²) >= 11 is 3.73. The molecule has 4 aliphatic heterocycles. The van der Waals surface area contributed by atoms with Crippen LogP contribution < -0.4 is 26.0 Å². The van der Waals surface area contributed by atoms with Gasteiger partial charge in [-0.3, -0.25) is 19.2 Å². The first-order valence-electron chi connectivity index (χ1n) is 25.1. The largest absolute Gasteiger partial charge is 0.494 e. The van der Waals surface area contributed by atoms with E-state index < -0.39 is 173 Å². The van der Waals surface area contributed by atoms with Crippen LogP contribution in [0, 0.1) is 0 Å². The molecule has 13 N–H and O–H groups in total. The van der Waals surface area contributed by atoms with Crippen molar-refractivity contribution in [2.24, 2.45) is 0 Å². The van der Waals surface area contributed by atoms with E-state index in [0.717, 1.165) is 46.5 Å². The van der Waals surface area contributed by atoms with E-state index in [2.05, 4.69) is 53.3 Å². The summed E-state index contributed by atoms with van der Waals surface area (Å²) < 4.78 is 52.6. The number of hydrogen-bond donors (Lipinski definition) is 14. The van der Waals surface area contributed by atoms with Crippen LogP contribution in [0.5, 0.6) is 5.75 Å². The Morgan fingerprint density at radius 2 is 1.01 bits per heavy atom. The number of nitrogens with one attached hydrogen (secondary N) is 4. The molecular weight excluding hydrogens is 1020 g/mol. The maximum absolute atomic E-state index is 13.7. The van der Waals surface area contributed by atoms with Gasteiger partial charge in [-0.1, -0.05) is 38.3 Å². The van der Waals surface area contributed by atoms with E-state index in [9.17, 15) is 65.1 Å². The number of carbonyl (C=O) groups excluding carboxylic acids is 4. The molecule has 4 heterocycles. The molecule has 19 unspecified atom stereocenters. The summed E-state index contributed by atoms with van der Waals surface area (Å²) in [7, 11) is 0. The van der Waals surface area contributed by atoms with Crippen molar-refractivity contribution in [1.29, 1.82) is 0 Å². The maximum Gasteiger partial charge on any atom is 0.251 e. The van der Waals surface area contributed by atoms with Crippen molar-refractivity contribution >= 4 is 36.5 Å². The molecule has 4 amide bonds. The predicted molar refractivity (Wildman–Crippen MR) is 261 cm³/mol. The third kappa shape index (κ3) is 16.9. The number of carbonyl (C=O) groups is 4. The first kappa shape index (κ1) is 62.2. The highest BCUT2D eigenvalue weighted by Crippen LogP contribution is 2.35. The van der Waals surface area contributed by atoms with Crippen LogP contribution in [0.15, 0.2) is 36.4 Å². The zero-order chi connectivity index (χ0) is 54.9. The number of ether oxygens (including phenoxy) is 8. The maximum atomic E-state index is 13.7. The van der Waals surface area contributed by atoms with Crippen molar-refractivity contribution in [3.8, 4) is 5.75 Å². The molecule has 1 aromatic rings. The van der Waals surface area contributed by atoms with Crippen LogP contribution in [0.4, 0.5) is 0 Å². The molecule has 75 heavy (non-hydrogen) atoms. The van der Waals surface area contributed by atoms with Crippen LogP contribution in [0.3, 0.4) is 0 Å². The molecule has 0 saturated carbocycles. The Balaban J connectivity index is 1.31. The fourth-order valence-electron chi connectivity index (χ4n) is 9.25. The van der Waals surface area contributed by atoms with E-state index in [1.54, 1.807) is 12.1 Å². The van der Waals surface area contributed by atoms with Crippen molar-refractivity contribution < 1.29 is 107 Å². The van der Waals surface area contributed by atoms with Gasteiger partial charge in [-0.05, 0) is 62.9 Å². The van der Waals surface area contributed by atoms with E-state index in [0.29, 0.717) is 12.4 Å². The molecule has 26 nitrogen and oxygen atoms in total. The molecule has 0 bridgehead atoms. The highest BCUT2D eigenvalue weighted by atomic mass is 32.1. The Bertz CT molecular complexity index is 1960. The molecule has 4 saturated heterocycles. The normalized spacial score (nSPS) is 36.1. The minimum atomic E-state index is -1.93. The number of aliphatic hydroxyl groups is 9. The molecule has 0 radical (unpaired) electrons. The SMILES string of the molecule is CCCCCC/C=C\CCCOc1ccc(C(=O)NC2C(OC3C(CO)OC(OC4C(CO)OC(OC5C(COS)OC(O)[C@@H](NC(C)=O)C5O)C(NC(C)=O)C4O)C(NC(C)=O)C3O)OC(CO)C(O)C2O)cc1. The van der Waals surface area contributed by atoms with E-state index >= 15 is 0 Å². The van der Waals surface area contributed by atoms with Gasteiger partial charge >= 0.3 is 0 Å². The lowest BCUT2D eigenvalue weighted by Gasteiger charge is -2.51. The monoisotopic (exact) mass is 1090 g/mol. The van der Waals surface area contributed by atoms with Gasteiger partial charge in [0.25, 0.3) is 5.91 Å². The summed E-state index contributed by atoms with van der Waals surface area (Å²) in [5.74, 6) is -2.40. The molecule has 1 aromatic carbocycles. The Hall–Kier alpha value is -3.69. The van der Waals surface area contributed by atoms with Crippen LogP contribution >= 0.6 is 12.9 Å². The second-order valence-electron chi connectivity index (χ2n) is 18.8. The fourth-order valence-corrected chi connectivity index (χ4v) is 9.40. The number of rotatable bonds is 26. The number of unbranched alkanes of at least 4 members (excludes halogenated alkanes) is 5.